The number of amides is 1. The molecule has 10 nitrogen and oxygen atoms in total. The van der Waals surface area contributed by atoms with Gasteiger partial charge in [-0.3, -0.25) is 9.78 Å². The second kappa shape index (κ2) is 10.5. The van der Waals surface area contributed by atoms with Gasteiger partial charge in [-0.1, -0.05) is 18.2 Å². The molecule has 11 heteroatoms. The van der Waals surface area contributed by atoms with Crippen LogP contribution in [0.15, 0.2) is 53.7 Å². The second-order valence-corrected chi connectivity index (χ2v) is 9.16. The van der Waals surface area contributed by atoms with E-state index in [1.165, 1.54) is 44.8 Å². The Bertz CT molecular complexity index is 1050. The molecule has 1 fully saturated rings. The minimum absolute atomic E-state index is 0.131. The molecule has 1 atom stereocenters. The van der Waals surface area contributed by atoms with Crippen LogP contribution in [0.4, 0.5) is 0 Å². The number of morpholine rings is 1. The molecular weight excluding hydrogens is 438 g/mol. The van der Waals surface area contributed by atoms with Crippen LogP contribution in [-0.4, -0.2) is 87.6 Å². The van der Waals surface area contributed by atoms with E-state index in [1.54, 1.807) is 23.1 Å². The van der Waals surface area contributed by atoms with Crippen molar-refractivity contribution >= 4 is 21.9 Å². The third kappa shape index (κ3) is 5.81. The molecule has 172 valence electrons. The predicted octanol–water partition coefficient (Wildman–Crippen LogP) is 0.795. The number of esters is 1. The van der Waals surface area contributed by atoms with E-state index in [1.807, 2.05) is 0 Å². The number of aromatic nitrogens is 1. The molecule has 1 aromatic carbocycles. The first kappa shape index (κ1) is 23.6. The van der Waals surface area contributed by atoms with Crippen molar-refractivity contribution in [1.82, 2.24) is 14.2 Å². The highest BCUT2D eigenvalue weighted by molar-refractivity contribution is 7.89. The van der Waals surface area contributed by atoms with Crippen LogP contribution in [-0.2, 0) is 24.3 Å². The molecule has 1 aliphatic rings. The van der Waals surface area contributed by atoms with Gasteiger partial charge >= 0.3 is 5.97 Å². The van der Waals surface area contributed by atoms with E-state index in [-0.39, 0.29) is 36.1 Å². The summed E-state index contributed by atoms with van der Waals surface area (Å²) >= 11 is 0. The zero-order valence-corrected chi connectivity index (χ0v) is 18.7. The Morgan fingerprint density at radius 2 is 2.00 bits per heavy atom. The van der Waals surface area contributed by atoms with Gasteiger partial charge in [0.25, 0.3) is 0 Å². The highest BCUT2D eigenvalue weighted by Crippen LogP contribution is 2.16. The van der Waals surface area contributed by atoms with Crippen molar-refractivity contribution in [2.24, 2.45) is 0 Å². The van der Waals surface area contributed by atoms with Gasteiger partial charge < -0.3 is 19.1 Å². The first-order valence-electron chi connectivity index (χ1n) is 9.88. The van der Waals surface area contributed by atoms with Gasteiger partial charge in [0.2, 0.25) is 15.9 Å². The monoisotopic (exact) mass is 463 g/mol. The Morgan fingerprint density at radius 3 is 2.72 bits per heavy atom. The van der Waals surface area contributed by atoms with Crippen LogP contribution in [0, 0.1) is 0 Å². The van der Waals surface area contributed by atoms with Gasteiger partial charge in [0.15, 0.2) is 0 Å². The van der Waals surface area contributed by atoms with Crippen LogP contribution in [0.2, 0.25) is 0 Å². The lowest BCUT2D eigenvalue weighted by atomic mass is 10.2. The van der Waals surface area contributed by atoms with Gasteiger partial charge in [0, 0.05) is 19.8 Å². The largest absolute Gasteiger partial charge is 0.489 e. The number of benzene rings is 1. The molecule has 32 heavy (non-hydrogen) atoms. The first-order valence-corrected chi connectivity index (χ1v) is 11.3. The molecule has 2 heterocycles. The average Bonchev–Trinajstić information content (AvgIpc) is 2.83. The Hall–Kier alpha value is -3.02. The van der Waals surface area contributed by atoms with Gasteiger partial charge in [-0.2, -0.15) is 4.31 Å². The predicted molar refractivity (Wildman–Crippen MR) is 114 cm³/mol. The van der Waals surface area contributed by atoms with E-state index in [9.17, 15) is 18.0 Å². The summed E-state index contributed by atoms with van der Waals surface area (Å²) in [6.07, 6.45) is 2.42. The van der Waals surface area contributed by atoms with E-state index in [0.29, 0.717) is 18.9 Å². The maximum Gasteiger partial charge on any atom is 0.339 e. The van der Waals surface area contributed by atoms with Crippen molar-refractivity contribution in [3.05, 3.63) is 54.4 Å². The maximum absolute atomic E-state index is 12.7. The van der Waals surface area contributed by atoms with Crippen molar-refractivity contribution in [2.45, 2.75) is 11.0 Å². The summed E-state index contributed by atoms with van der Waals surface area (Å²) in [5.41, 5.74) is 0.258. The van der Waals surface area contributed by atoms with E-state index in [0.717, 1.165) is 4.31 Å². The molecule has 0 radical (unpaired) electrons. The molecule has 1 saturated heterocycles. The minimum Gasteiger partial charge on any atom is -0.489 e. The van der Waals surface area contributed by atoms with Gasteiger partial charge in [0.05, 0.1) is 43.5 Å². The highest BCUT2D eigenvalue weighted by atomic mass is 32.2. The summed E-state index contributed by atoms with van der Waals surface area (Å²) in [4.78, 5) is 30.0. The fraction of sp³-hybridized carbons (Fsp3) is 0.381. The SMILES string of the molecule is COC(=O)c1cncc(OCC2CN(C(=O)CN(C)S(=O)(=O)c3ccccc3)CCO2)c1. The zero-order valence-electron chi connectivity index (χ0n) is 17.8. The normalized spacial score (nSPS) is 16.6. The quantitative estimate of drug-likeness (QED) is 0.528. The topological polar surface area (TPSA) is 115 Å². The smallest absolute Gasteiger partial charge is 0.339 e. The molecule has 0 N–H and O–H groups in total. The lowest BCUT2D eigenvalue weighted by Gasteiger charge is -2.33. The third-order valence-corrected chi connectivity index (χ3v) is 6.69. The molecule has 0 saturated carbocycles. The number of carbonyl (C=O) groups is 2. The molecule has 1 aromatic heterocycles. The number of ether oxygens (including phenoxy) is 3. The van der Waals surface area contributed by atoms with Crippen LogP contribution in [0.1, 0.15) is 10.4 Å². The number of carbonyl (C=O) groups excluding carboxylic acids is 2. The molecule has 0 aliphatic carbocycles. The van der Waals surface area contributed by atoms with Crippen LogP contribution in [0.5, 0.6) is 5.75 Å². The lowest BCUT2D eigenvalue weighted by molar-refractivity contribution is -0.139. The molecule has 2 aromatic rings. The minimum atomic E-state index is -3.76. The van der Waals surface area contributed by atoms with Crippen LogP contribution in [0.3, 0.4) is 0 Å². The van der Waals surface area contributed by atoms with Gasteiger partial charge in [-0.15, -0.1) is 0 Å². The fourth-order valence-corrected chi connectivity index (χ4v) is 4.25. The number of likely N-dealkylation sites (N-methyl/N-ethyl adjacent to an activating group) is 1. The molecule has 1 amide bonds. The summed E-state index contributed by atoms with van der Waals surface area (Å²) in [6.45, 7) is 0.760. The van der Waals surface area contributed by atoms with Crippen LogP contribution >= 0.6 is 0 Å². The number of sulfonamides is 1. The Kier molecular flexibility index (Phi) is 7.78. The summed E-state index contributed by atoms with van der Waals surface area (Å²) in [5, 5.41) is 0. The average molecular weight is 464 g/mol. The fourth-order valence-electron chi connectivity index (χ4n) is 3.11. The highest BCUT2D eigenvalue weighted by Gasteiger charge is 2.29. The van der Waals surface area contributed by atoms with Crippen molar-refractivity contribution in [1.29, 1.82) is 0 Å². The molecular formula is C21H25N3O7S. The van der Waals surface area contributed by atoms with Gasteiger partial charge in [0.1, 0.15) is 18.5 Å². The number of hydrogen-bond acceptors (Lipinski definition) is 8. The van der Waals surface area contributed by atoms with Crippen molar-refractivity contribution in [3.63, 3.8) is 0 Å². The summed E-state index contributed by atoms with van der Waals surface area (Å²) in [6, 6.07) is 9.47. The molecule has 1 aliphatic heterocycles. The van der Waals surface area contributed by atoms with E-state index >= 15 is 0 Å². The summed E-state index contributed by atoms with van der Waals surface area (Å²) < 4.78 is 42.3. The van der Waals surface area contributed by atoms with Crippen molar-refractivity contribution in [2.75, 3.05) is 47.0 Å². The standard InChI is InChI=1S/C21H25N3O7S/c1-23(32(27,28)19-6-4-3-5-7-19)14-20(25)24-8-9-30-18(13-24)15-31-17-10-16(11-22-12-17)21(26)29-2/h3-7,10-12,18H,8-9,13-15H2,1-2H3. The molecule has 0 bridgehead atoms. The van der Waals surface area contributed by atoms with E-state index < -0.39 is 22.1 Å². The maximum atomic E-state index is 12.7. The molecule has 3 rings (SSSR count). The van der Waals surface area contributed by atoms with Crippen LogP contribution < -0.4 is 4.74 Å². The Labute approximate surface area is 186 Å². The van der Waals surface area contributed by atoms with Crippen molar-refractivity contribution in [3.8, 4) is 5.75 Å². The van der Waals surface area contributed by atoms with E-state index in [2.05, 4.69) is 9.72 Å². The number of methoxy groups -OCH3 is 1. The lowest BCUT2D eigenvalue weighted by Crippen LogP contribution is -2.50. The Morgan fingerprint density at radius 1 is 1.25 bits per heavy atom. The van der Waals surface area contributed by atoms with E-state index in [4.69, 9.17) is 9.47 Å². The number of hydrogen-bond donors (Lipinski definition) is 0. The number of pyridine rings is 1. The third-order valence-electron chi connectivity index (χ3n) is 4.87. The summed E-state index contributed by atoms with van der Waals surface area (Å²) in [7, 11) is -1.11. The number of nitrogens with zero attached hydrogens (tertiary/aromatic N) is 3. The Balaban J connectivity index is 1.55. The van der Waals surface area contributed by atoms with Crippen molar-refractivity contribution < 1.29 is 32.2 Å². The number of rotatable bonds is 8. The zero-order chi connectivity index (χ0) is 23.1. The second-order valence-electron chi connectivity index (χ2n) is 7.12. The summed E-state index contributed by atoms with van der Waals surface area (Å²) in [5.74, 6) is -0.480. The van der Waals surface area contributed by atoms with Gasteiger partial charge in [-0.25, -0.2) is 13.2 Å². The van der Waals surface area contributed by atoms with Gasteiger partial charge in [-0.05, 0) is 18.2 Å². The molecule has 1 unspecified atom stereocenters. The first-order chi connectivity index (χ1) is 15.3. The molecule has 0 spiro atoms. The van der Waals surface area contributed by atoms with Crippen LogP contribution in [0.25, 0.3) is 0 Å².